The molecule has 1 N–H and O–H groups in total. The second kappa shape index (κ2) is 6.36. The van der Waals surface area contributed by atoms with Crippen molar-refractivity contribution >= 4 is 18.0 Å². The van der Waals surface area contributed by atoms with Gasteiger partial charge in [-0.3, -0.25) is 9.59 Å². The van der Waals surface area contributed by atoms with Crippen LogP contribution in [0.2, 0.25) is 0 Å². The van der Waals surface area contributed by atoms with Gasteiger partial charge in [-0.1, -0.05) is 0 Å². The molecule has 0 unspecified atom stereocenters. The predicted octanol–water partition coefficient (Wildman–Crippen LogP) is 0.498. The molecule has 2 rings (SSSR count). The maximum absolute atomic E-state index is 11.8. The molecule has 20 heavy (non-hydrogen) atoms. The van der Waals surface area contributed by atoms with Crippen molar-refractivity contribution in [3.05, 3.63) is 24.0 Å². The highest BCUT2D eigenvalue weighted by molar-refractivity contribution is 5.92. The lowest BCUT2D eigenvalue weighted by Crippen LogP contribution is -2.45. The van der Waals surface area contributed by atoms with Crippen LogP contribution in [-0.2, 0) is 4.79 Å². The van der Waals surface area contributed by atoms with Gasteiger partial charge < -0.3 is 15.1 Å². The minimum atomic E-state index is -0.155. The van der Waals surface area contributed by atoms with Gasteiger partial charge in [-0.2, -0.15) is 0 Å². The van der Waals surface area contributed by atoms with E-state index >= 15 is 0 Å². The van der Waals surface area contributed by atoms with E-state index in [4.69, 9.17) is 0 Å². The van der Waals surface area contributed by atoms with E-state index in [1.165, 1.54) is 0 Å². The lowest BCUT2D eigenvalue weighted by molar-refractivity contribution is -0.118. The molecule has 1 aliphatic heterocycles. The summed E-state index contributed by atoms with van der Waals surface area (Å²) in [5, 5.41) is 2.81. The largest absolute Gasteiger partial charge is 0.367 e. The average Bonchev–Trinajstić information content (AvgIpc) is 2.47. The second-order valence-electron chi connectivity index (χ2n) is 5.16. The smallest absolute Gasteiger partial charge is 0.270 e. The van der Waals surface area contributed by atoms with Crippen LogP contribution in [0.1, 0.15) is 24.3 Å². The third kappa shape index (κ3) is 3.46. The Hall–Kier alpha value is -2.11. The zero-order chi connectivity index (χ0) is 14.5. The molecule has 108 valence electrons. The average molecular weight is 276 g/mol. The maximum Gasteiger partial charge on any atom is 0.270 e. The predicted molar refractivity (Wildman–Crippen MR) is 76.7 cm³/mol. The number of nitrogens with one attached hydrogen (secondary N) is 1. The molecule has 0 aromatic carbocycles. The Morgan fingerprint density at radius 2 is 2.00 bits per heavy atom. The minimum Gasteiger partial charge on any atom is -0.367 e. The Bertz CT molecular complexity index is 465. The van der Waals surface area contributed by atoms with E-state index in [9.17, 15) is 9.59 Å². The van der Waals surface area contributed by atoms with E-state index in [1.54, 1.807) is 17.2 Å². The van der Waals surface area contributed by atoms with Crippen LogP contribution in [0.25, 0.3) is 0 Å². The summed E-state index contributed by atoms with van der Waals surface area (Å²) in [5.41, 5.74) is 1.41. The summed E-state index contributed by atoms with van der Waals surface area (Å²) >= 11 is 0. The van der Waals surface area contributed by atoms with Crippen LogP contribution in [-0.4, -0.2) is 54.4 Å². The molecule has 0 spiro atoms. The molecule has 2 amide bonds. The molecule has 0 radical (unpaired) electrons. The van der Waals surface area contributed by atoms with Gasteiger partial charge in [0.25, 0.3) is 5.91 Å². The van der Waals surface area contributed by atoms with E-state index < -0.39 is 0 Å². The number of rotatable bonds is 4. The van der Waals surface area contributed by atoms with Crippen LogP contribution < -0.4 is 10.2 Å². The highest BCUT2D eigenvalue weighted by Gasteiger charge is 2.16. The summed E-state index contributed by atoms with van der Waals surface area (Å²) in [6.07, 6.45) is 2.60. The van der Waals surface area contributed by atoms with Gasteiger partial charge in [0.05, 0.1) is 11.9 Å². The number of hydrogen-bond donors (Lipinski definition) is 1. The van der Waals surface area contributed by atoms with Crippen molar-refractivity contribution in [1.29, 1.82) is 0 Å². The van der Waals surface area contributed by atoms with Gasteiger partial charge >= 0.3 is 0 Å². The SMILES string of the molecule is CC(C)NC(=O)c1ccc(N2CCN(C=O)CC2)cn1. The first-order valence-electron chi connectivity index (χ1n) is 6.81. The third-order valence-corrected chi connectivity index (χ3v) is 3.23. The first kappa shape index (κ1) is 14.3. The van der Waals surface area contributed by atoms with Gasteiger partial charge in [-0.25, -0.2) is 4.98 Å². The fourth-order valence-electron chi connectivity index (χ4n) is 2.13. The van der Waals surface area contributed by atoms with Crippen molar-refractivity contribution in [2.75, 3.05) is 31.1 Å². The zero-order valence-corrected chi connectivity index (χ0v) is 11.9. The second-order valence-corrected chi connectivity index (χ2v) is 5.16. The Kier molecular flexibility index (Phi) is 4.55. The molecular formula is C14H20N4O2. The Morgan fingerprint density at radius 3 is 2.50 bits per heavy atom. The van der Waals surface area contributed by atoms with Crippen molar-refractivity contribution in [2.45, 2.75) is 19.9 Å². The van der Waals surface area contributed by atoms with E-state index in [-0.39, 0.29) is 11.9 Å². The van der Waals surface area contributed by atoms with Crippen molar-refractivity contribution in [3.8, 4) is 0 Å². The van der Waals surface area contributed by atoms with Gasteiger partial charge in [0.1, 0.15) is 5.69 Å². The lowest BCUT2D eigenvalue weighted by Gasteiger charge is -2.33. The normalized spacial score (nSPS) is 15.3. The first-order valence-corrected chi connectivity index (χ1v) is 6.81. The summed E-state index contributed by atoms with van der Waals surface area (Å²) in [5.74, 6) is -0.155. The Morgan fingerprint density at radius 1 is 1.30 bits per heavy atom. The van der Waals surface area contributed by atoms with Crippen molar-refractivity contribution in [1.82, 2.24) is 15.2 Å². The molecule has 1 aromatic rings. The van der Waals surface area contributed by atoms with E-state index in [0.717, 1.165) is 38.3 Å². The molecule has 0 bridgehead atoms. The van der Waals surface area contributed by atoms with Crippen LogP contribution in [0, 0.1) is 0 Å². The lowest BCUT2D eigenvalue weighted by atomic mass is 10.2. The fraction of sp³-hybridized carbons (Fsp3) is 0.500. The highest BCUT2D eigenvalue weighted by atomic mass is 16.2. The molecule has 2 heterocycles. The molecule has 1 fully saturated rings. The van der Waals surface area contributed by atoms with Crippen LogP contribution in [0.5, 0.6) is 0 Å². The number of nitrogens with zero attached hydrogens (tertiary/aromatic N) is 3. The molecule has 0 aliphatic carbocycles. The van der Waals surface area contributed by atoms with Crippen LogP contribution in [0.3, 0.4) is 0 Å². The summed E-state index contributed by atoms with van der Waals surface area (Å²) in [4.78, 5) is 30.6. The van der Waals surface area contributed by atoms with Gasteiger partial charge in [0, 0.05) is 32.2 Å². The van der Waals surface area contributed by atoms with Crippen LogP contribution in [0.15, 0.2) is 18.3 Å². The summed E-state index contributed by atoms with van der Waals surface area (Å²) in [6.45, 7) is 6.85. The van der Waals surface area contributed by atoms with Gasteiger partial charge in [-0.05, 0) is 26.0 Å². The number of pyridine rings is 1. The molecule has 1 aromatic heterocycles. The van der Waals surface area contributed by atoms with E-state index in [2.05, 4.69) is 15.2 Å². The summed E-state index contributed by atoms with van der Waals surface area (Å²) in [7, 11) is 0. The molecular weight excluding hydrogens is 256 g/mol. The summed E-state index contributed by atoms with van der Waals surface area (Å²) in [6, 6.07) is 3.73. The van der Waals surface area contributed by atoms with Crippen molar-refractivity contribution in [3.63, 3.8) is 0 Å². The van der Waals surface area contributed by atoms with E-state index in [0.29, 0.717) is 5.69 Å². The van der Waals surface area contributed by atoms with Gasteiger partial charge in [-0.15, -0.1) is 0 Å². The minimum absolute atomic E-state index is 0.0976. The van der Waals surface area contributed by atoms with Crippen LogP contribution >= 0.6 is 0 Å². The number of hydrogen-bond acceptors (Lipinski definition) is 4. The molecule has 0 saturated carbocycles. The number of piperazine rings is 1. The topological polar surface area (TPSA) is 65.5 Å². The van der Waals surface area contributed by atoms with Crippen LogP contribution in [0.4, 0.5) is 5.69 Å². The molecule has 6 heteroatoms. The fourth-order valence-corrected chi connectivity index (χ4v) is 2.13. The number of aromatic nitrogens is 1. The Balaban J connectivity index is 1.98. The molecule has 6 nitrogen and oxygen atoms in total. The molecule has 0 atom stereocenters. The monoisotopic (exact) mass is 276 g/mol. The van der Waals surface area contributed by atoms with Crippen molar-refractivity contribution in [2.24, 2.45) is 0 Å². The summed E-state index contributed by atoms with van der Waals surface area (Å²) < 4.78 is 0. The number of amides is 2. The molecule has 1 saturated heterocycles. The van der Waals surface area contributed by atoms with Crippen molar-refractivity contribution < 1.29 is 9.59 Å². The maximum atomic E-state index is 11.8. The molecule has 1 aliphatic rings. The standard InChI is InChI=1S/C14H20N4O2/c1-11(2)16-14(20)13-4-3-12(9-15-13)18-7-5-17(10-19)6-8-18/h3-4,9-11H,5-8H2,1-2H3,(H,16,20). The van der Waals surface area contributed by atoms with E-state index in [1.807, 2.05) is 19.9 Å². The number of carbonyl (C=O) groups is 2. The first-order chi connectivity index (χ1) is 9.60. The quantitative estimate of drug-likeness (QED) is 0.813. The van der Waals surface area contributed by atoms with Gasteiger partial charge in [0.15, 0.2) is 0 Å². The third-order valence-electron chi connectivity index (χ3n) is 3.23. The Labute approximate surface area is 118 Å². The number of anilines is 1. The highest BCUT2D eigenvalue weighted by Crippen LogP contribution is 2.15. The number of carbonyl (C=O) groups excluding carboxylic acids is 2. The van der Waals surface area contributed by atoms with Gasteiger partial charge in [0.2, 0.25) is 6.41 Å². The zero-order valence-electron chi connectivity index (χ0n) is 11.9.